The fraction of sp³-hybridized carbons (Fsp3) is 0.417. The second-order valence-corrected chi connectivity index (χ2v) is 4.29. The normalized spacial score (nSPS) is 12.6. The number of nitrogens with zero attached hydrogens (tertiary/aromatic N) is 4. The van der Waals surface area contributed by atoms with Crippen molar-refractivity contribution in [3.8, 4) is 0 Å². The Morgan fingerprint density at radius 2 is 2.17 bits per heavy atom. The first kappa shape index (κ1) is 12.7. The van der Waals surface area contributed by atoms with Crippen LogP contribution in [0.4, 0.5) is 0 Å². The zero-order chi connectivity index (χ0) is 13.0. The van der Waals surface area contributed by atoms with Crippen LogP contribution in [-0.2, 0) is 13.5 Å². The topological polar surface area (TPSA) is 81.7 Å². The Morgan fingerprint density at radius 3 is 2.72 bits per heavy atom. The Hall–Kier alpha value is -1.79. The number of nitrogens with two attached hydrogens (primary N) is 1. The Labute approximate surface area is 106 Å². The molecule has 18 heavy (non-hydrogen) atoms. The molecule has 0 aromatic carbocycles. The van der Waals surface area contributed by atoms with Crippen LogP contribution in [0.25, 0.3) is 0 Å². The van der Waals surface area contributed by atoms with E-state index in [1.807, 2.05) is 24.7 Å². The lowest BCUT2D eigenvalue weighted by Gasteiger charge is -2.14. The Kier molecular flexibility index (Phi) is 4.01. The van der Waals surface area contributed by atoms with Gasteiger partial charge in [0.2, 0.25) is 0 Å². The summed E-state index contributed by atoms with van der Waals surface area (Å²) in [6.45, 7) is 1.91. The molecule has 3 N–H and O–H groups in total. The van der Waals surface area contributed by atoms with E-state index in [-0.39, 0.29) is 6.04 Å². The Balaban J connectivity index is 2.01. The van der Waals surface area contributed by atoms with Crippen molar-refractivity contribution in [1.82, 2.24) is 24.9 Å². The van der Waals surface area contributed by atoms with Crippen molar-refractivity contribution in [1.29, 1.82) is 0 Å². The molecule has 0 saturated heterocycles. The summed E-state index contributed by atoms with van der Waals surface area (Å²) in [6, 6.07) is -0.00481. The third-order valence-electron chi connectivity index (χ3n) is 2.94. The van der Waals surface area contributed by atoms with Crippen molar-refractivity contribution in [3.63, 3.8) is 0 Å². The molecule has 0 radical (unpaired) electrons. The molecule has 0 amide bonds. The van der Waals surface area contributed by atoms with Gasteiger partial charge in [-0.3, -0.25) is 21.2 Å². The van der Waals surface area contributed by atoms with Crippen LogP contribution in [0.3, 0.4) is 0 Å². The standard InChI is InChI=1S/C12H18N6/c1-9-7-16-11(8-15-9)10(17-13)3-4-12-14-5-6-18(12)2/h5-8,10,17H,3-4,13H2,1-2H3. The van der Waals surface area contributed by atoms with Crippen LogP contribution in [0.15, 0.2) is 24.8 Å². The average Bonchev–Trinajstić information content (AvgIpc) is 2.78. The van der Waals surface area contributed by atoms with E-state index in [0.717, 1.165) is 30.1 Å². The quantitative estimate of drug-likeness (QED) is 0.598. The van der Waals surface area contributed by atoms with Crippen LogP contribution < -0.4 is 11.3 Å². The molecule has 2 rings (SSSR count). The van der Waals surface area contributed by atoms with Crippen LogP contribution in [0.2, 0.25) is 0 Å². The predicted molar refractivity (Wildman–Crippen MR) is 68.4 cm³/mol. The molecule has 0 fully saturated rings. The number of aryl methyl sites for hydroxylation is 3. The van der Waals surface area contributed by atoms with Crippen molar-refractivity contribution < 1.29 is 0 Å². The molecule has 2 aromatic heterocycles. The number of imidazole rings is 1. The van der Waals surface area contributed by atoms with Crippen molar-refractivity contribution in [2.75, 3.05) is 0 Å². The second kappa shape index (κ2) is 5.70. The summed E-state index contributed by atoms with van der Waals surface area (Å²) >= 11 is 0. The van der Waals surface area contributed by atoms with Gasteiger partial charge in [-0.25, -0.2) is 4.98 Å². The summed E-state index contributed by atoms with van der Waals surface area (Å²) in [5.74, 6) is 6.61. The van der Waals surface area contributed by atoms with Crippen LogP contribution in [0.1, 0.15) is 29.7 Å². The molecule has 0 aliphatic carbocycles. The number of aromatic nitrogens is 4. The Bertz CT molecular complexity index is 490. The lowest BCUT2D eigenvalue weighted by molar-refractivity contribution is 0.493. The highest BCUT2D eigenvalue weighted by molar-refractivity contribution is 5.06. The minimum absolute atomic E-state index is 0.00481. The van der Waals surface area contributed by atoms with Gasteiger partial charge < -0.3 is 4.57 Å². The monoisotopic (exact) mass is 246 g/mol. The number of hydrogen-bond acceptors (Lipinski definition) is 5. The number of rotatable bonds is 5. The summed E-state index contributed by atoms with van der Waals surface area (Å²) in [5.41, 5.74) is 4.54. The largest absolute Gasteiger partial charge is 0.338 e. The van der Waals surface area contributed by atoms with E-state index in [2.05, 4.69) is 20.4 Å². The third kappa shape index (κ3) is 2.91. The summed E-state index contributed by atoms with van der Waals surface area (Å²) in [6.07, 6.45) is 8.92. The highest BCUT2D eigenvalue weighted by atomic mass is 15.2. The molecule has 6 nitrogen and oxygen atoms in total. The van der Waals surface area contributed by atoms with Gasteiger partial charge in [-0.15, -0.1) is 0 Å². The highest BCUT2D eigenvalue weighted by Crippen LogP contribution is 2.15. The minimum atomic E-state index is -0.00481. The van der Waals surface area contributed by atoms with Crippen molar-refractivity contribution in [2.45, 2.75) is 25.8 Å². The van der Waals surface area contributed by atoms with Crippen LogP contribution in [0, 0.1) is 6.92 Å². The lowest BCUT2D eigenvalue weighted by atomic mass is 10.1. The molecular formula is C12H18N6. The maximum absolute atomic E-state index is 5.58. The molecule has 2 aromatic rings. The molecule has 0 bridgehead atoms. The molecule has 1 atom stereocenters. The number of hydrogen-bond donors (Lipinski definition) is 2. The fourth-order valence-electron chi connectivity index (χ4n) is 1.81. The molecule has 0 saturated carbocycles. The van der Waals surface area contributed by atoms with Gasteiger partial charge in [-0.05, 0) is 13.3 Å². The number of hydrazine groups is 1. The van der Waals surface area contributed by atoms with E-state index in [9.17, 15) is 0 Å². The van der Waals surface area contributed by atoms with E-state index in [1.54, 1.807) is 18.6 Å². The zero-order valence-corrected chi connectivity index (χ0v) is 10.7. The molecule has 96 valence electrons. The lowest BCUT2D eigenvalue weighted by Crippen LogP contribution is -2.29. The first-order valence-corrected chi connectivity index (χ1v) is 5.91. The van der Waals surface area contributed by atoms with E-state index in [0.29, 0.717) is 0 Å². The van der Waals surface area contributed by atoms with Crippen LogP contribution in [-0.4, -0.2) is 19.5 Å². The Morgan fingerprint density at radius 1 is 1.33 bits per heavy atom. The second-order valence-electron chi connectivity index (χ2n) is 4.29. The summed E-state index contributed by atoms with van der Waals surface area (Å²) in [5, 5.41) is 0. The third-order valence-corrected chi connectivity index (χ3v) is 2.94. The zero-order valence-electron chi connectivity index (χ0n) is 10.7. The van der Waals surface area contributed by atoms with Crippen LogP contribution >= 0.6 is 0 Å². The molecule has 0 aliphatic rings. The SMILES string of the molecule is Cc1cnc(C(CCc2nccn2C)NN)cn1. The van der Waals surface area contributed by atoms with E-state index in [4.69, 9.17) is 5.84 Å². The van der Waals surface area contributed by atoms with Gasteiger partial charge in [-0.2, -0.15) is 0 Å². The molecule has 6 heteroatoms. The molecule has 2 heterocycles. The van der Waals surface area contributed by atoms with Crippen molar-refractivity contribution in [2.24, 2.45) is 12.9 Å². The first-order valence-electron chi connectivity index (χ1n) is 5.91. The van der Waals surface area contributed by atoms with E-state index in [1.165, 1.54) is 0 Å². The molecule has 0 aliphatic heterocycles. The van der Waals surface area contributed by atoms with Crippen molar-refractivity contribution >= 4 is 0 Å². The smallest absolute Gasteiger partial charge is 0.108 e. The van der Waals surface area contributed by atoms with Gasteiger partial charge in [0.25, 0.3) is 0 Å². The molecular weight excluding hydrogens is 228 g/mol. The van der Waals surface area contributed by atoms with Gasteiger partial charge >= 0.3 is 0 Å². The highest BCUT2D eigenvalue weighted by Gasteiger charge is 2.12. The van der Waals surface area contributed by atoms with Gasteiger partial charge in [0, 0.05) is 32.1 Å². The average molecular weight is 246 g/mol. The van der Waals surface area contributed by atoms with Crippen molar-refractivity contribution in [3.05, 3.63) is 42.0 Å². The van der Waals surface area contributed by atoms with Gasteiger partial charge in [0.1, 0.15) is 5.82 Å². The predicted octanol–water partition coefficient (Wildman–Crippen LogP) is 0.656. The molecule has 1 unspecified atom stereocenters. The van der Waals surface area contributed by atoms with Gasteiger partial charge in [0.15, 0.2) is 0 Å². The summed E-state index contributed by atoms with van der Waals surface area (Å²) < 4.78 is 2.01. The maximum atomic E-state index is 5.58. The maximum Gasteiger partial charge on any atom is 0.108 e. The van der Waals surface area contributed by atoms with E-state index < -0.39 is 0 Å². The van der Waals surface area contributed by atoms with Crippen LogP contribution in [0.5, 0.6) is 0 Å². The minimum Gasteiger partial charge on any atom is -0.338 e. The van der Waals surface area contributed by atoms with E-state index >= 15 is 0 Å². The van der Waals surface area contributed by atoms with Gasteiger partial charge in [0.05, 0.1) is 23.6 Å². The van der Waals surface area contributed by atoms with Gasteiger partial charge in [-0.1, -0.05) is 0 Å². The molecule has 0 spiro atoms. The first-order chi connectivity index (χ1) is 8.70. The summed E-state index contributed by atoms with van der Waals surface area (Å²) in [4.78, 5) is 12.9. The summed E-state index contributed by atoms with van der Waals surface area (Å²) in [7, 11) is 1.99. The fourth-order valence-corrected chi connectivity index (χ4v) is 1.81. The number of nitrogens with one attached hydrogen (secondary N) is 1.